The first-order chi connectivity index (χ1) is 11.1. The Bertz CT molecular complexity index is 883. The Labute approximate surface area is 134 Å². The number of aryl methyl sites for hydroxylation is 1. The van der Waals surface area contributed by atoms with E-state index in [2.05, 4.69) is 6.07 Å². The van der Waals surface area contributed by atoms with Crippen molar-refractivity contribution in [2.24, 2.45) is 5.41 Å². The van der Waals surface area contributed by atoms with Gasteiger partial charge in [0, 0.05) is 11.1 Å². The Balaban J connectivity index is 1.83. The van der Waals surface area contributed by atoms with E-state index >= 15 is 0 Å². The van der Waals surface area contributed by atoms with Crippen molar-refractivity contribution < 1.29 is 9.59 Å². The van der Waals surface area contributed by atoms with Crippen LogP contribution in [0.2, 0.25) is 0 Å². The minimum absolute atomic E-state index is 0.0617. The summed E-state index contributed by atoms with van der Waals surface area (Å²) in [5, 5.41) is 3.22. The average molecular weight is 304 g/mol. The maximum Gasteiger partial charge on any atom is 0.262 e. The zero-order valence-corrected chi connectivity index (χ0v) is 12.9. The van der Waals surface area contributed by atoms with Gasteiger partial charge in [0.1, 0.15) is 5.41 Å². The van der Waals surface area contributed by atoms with Crippen molar-refractivity contribution >= 4 is 23.2 Å². The first-order valence-electron chi connectivity index (χ1n) is 8.03. The fourth-order valence-electron chi connectivity index (χ4n) is 4.01. The van der Waals surface area contributed by atoms with Crippen LogP contribution in [-0.4, -0.2) is 11.8 Å². The summed E-state index contributed by atoms with van der Waals surface area (Å²) in [7, 11) is 0. The molecule has 2 amide bonds. The quantitative estimate of drug-likeness (QED) is 0.700. The van der Waals surface area contributed by atoms with Crippen LogP contribution in [-0.2, 0) is 9.59 Å². The number of amides is 2. The lowest BCUT2D eigenvalue weighted by atomic mass is 9.68. The number of carbonyl (C=O) groups excluding carboxylic acids is 2. The fraction of sp³-hybridized carbons (Fsp3) is 0.263. The molecule has 1 spiro atoms. The number of rotatable bonds is 0. The molecule has 3 aliphatic rings. The second-order valence-corrected chi connectivity index (χ2v) is 6.71. The highest BCUT2D eigenvalue weighted by Crippen LogP contribution is 2.55. The van der Waals surface area contributed by atoms with Crippen LogP contribution in [0.4, 0.5) is 11.4 Å². The average Bonchev–Trinajstić information content (AvgIpc) is 2.75. The van der Waals surface area contributed by atoms with Gasteiger partial charge in [-0.15, -0.1) is 0 Å². The van der Waals surface area contributed by atoms with Crippen molar-refractivity contribution in [1.29, 1.82) is 0 Å². The van der Waals surface area contributed by atoms with Crippen LogP contribution in [0.3, 0.4) is 0 Å². The highest BCUT2D eigenvalue weighted by atomic mass is 16.2. The van der Waals surface area contributed by atoms with Crippen molar-refractivity contribution in [1.82, 2.24) is 0 Å². The van der Waals surface area contributed by atoms with Gasteiger partial charge in [0.15, 0.2) is 0 Å². The molecule has 1 saturated heterocycles. The number of anilines is 2. The lowest BCUT2D eigenvalue weighted by Crippen LogP contribution is -2.43. The highest BCUT2D eigenvalue weighted by Gasteiger charge is 2.63. The molecule has 4 nitrogen and oxygen atoms in total. The number of hydrogen-bond acceptors (Lipinski definition) is 2. The minimum atomic E-state index is -0.820. The van der Waals surface area contributed by atoms with Crippen molar-refractivity contribution in [2.75, 3.05) is 10.0 Å². The second kappa shape index (κ2) is 4.02. The van der Waals surface area contributed by atoms with Gasteiger partial charge < -0.3 is 0 Å². The molecule has 2 heterocycles. The summed E-state index contributed by atoms with van der Waals surface area (Å²) < 4.78 is 0. The fourth-order valence-corrected chi connectivity index (χ4v) is 4.01. The Kier molecular flexibility index (Phi) is 2.25. The summed E-state index contributed by atoms with van der Waals surface area (Å²) in [5.41, 5.74) is 3.99. The monoisotopic (exact) mass is 304 g/mol. The van der Waals surface area contributed by atoms with Gasteiger partial charge in [0.05, 0.1) is 11.4 Å². The minimum Gasteiger partial charge on any atom is -0.271 e. The first kappa shape index (κ1) is 12.9. The number of benzene rings is 2. The zero-order valence-electron chi connectivity index (χ0n) is 12.9. The zero-order chi connectivity index (χ0) is 15.8. The molecule has 2 aromatic rings. The van der Waals surface area contributed by atoms with Gasteiger partial charge >= 0.3 is 0 Å². The smallest absolute Gasteiger partial charge is 0.262 e. The second-order valence-electron chi connectivity index (χ2n) is 6.71. The maximum absolute atomic E-state index is 13.1. The Morgan fingerprint density at radius 3 is 2.17 bits per heavy atom. The molecule has 1 saturated carbocycles. The van der Waals surface area contributed by atoms with Gasteiger partial charge in [-0.1, -0.05) is 36.2 Å². The van der Waals surface area contributed by atoms with Gasteiger partial charge in [-0.3, -0.25) is 9.59 Å². The van der Waals surface area contributed by atoms with Crippen molar-refractivity contribution in [3.05, 3.63) is 48.0 Å². The Morgan fingerprint density at radius 1 is 0.870 bits per heavy atom. The molecule has 2 aliphatic heterocycles. The van der Waals surface area contributed by atoms with Crippen LogP contribution in [0.15, 0.2) is 42.5 Å². The van der Waals surface area contributed by atoms with E-state index in [1.165, 1.54) is 0 Å². The van der Waals surface area contributed by atoms with E-state index in [0.717, 1.165) is 34.5 Å². The largest absolute Gasteiger partial charge is 0.271 e. The number of nitrogens with zero attached hydrogens (tertiary/aromatic N) is 2. The number of para-hydroxylation sites is 1. The third-order valence-corrected chi connectivity index (χ3v) is 5.41. The predicted octanol–water partition coefficient (Wildman–Crippen LogP) is 3.44. The van der Waals surface area contributed by atoms with Crippen LogP contribution in [0.1, 0.15) is 24.8 Å². The number of fused-ring (bicyclic) bond motifs is 6. The van der Waals surface area contributed by atoms with E-state index in [1.807, 2.05) is 43.3 Å². The lowest BCUT2D eigenvalue weighted by Gasteiger charge is -2.35. The topological polar surface area (TPSA) is 40.6 Å². The molecule has 0 bridgehead atoms. The molecule has 0 atom stereocenters. The molecular formula is C19H16N2O2. The molecule has 2 aromatic carbocycles. The molecule has 0 unspecified atom stereocenters. The van der Waals surface area contributed by atoms with E-state index in [0.29, 0.717) is 12.8 Å². The summed E-state index contributed by atoms with van der Waals surface area (Å²) in [5.74, 6) is -0.124. The molecule has 114 valence electrons. The Morgan fingerprint density at radius 2 is 1.52 bits per heavy atom. The normalized spacial score (nSPS) is 20.2. The third kappa shape index (κ3) is 1.37. The van der Waals surface area contributed by atoms with Gasteiger partial charge in [-0.2, -0.15) is 0 Å². The lowest BCUT2D eigenvalue weighted by molar-refractivity contribution is -0.140. The third-order valence-electron chi connectivity index (χ3n) is 5.41. The van der Waals surface area contributed by atoms with E-state index < -0.39 is 5.41 Å². The highest BCUT2D eigenvalue weighted by molar-refractivity contribution is 6.29. The van der Waals surface area contributed by atoms with E-state index in [1.54, 1.807) is 10.0 Å². The summed E-state index contributed by atoms with van der Waals surface area (Å²) in [6, 6.07) is 13.9. The van der Waals surface area contributed by atoms with E-state index in [-0.39, 0.29) is 11.8 Å². The number of carbonyl (C=O) groups is 2. The number of hydrogen-bond donors (Lipinski definition) is 0. The van der Waals surface area contributed by atoms with Gasteiger partial charge in [-0.25, -0.2) is 10.0 Å². The molecular weight excluding hydrogens is 288 g/mol. The SMILES string of the molecule is Cc1ccc2c(c1)-c1ccccc1N1C(=O)C3(CCC3)C(=O)N21. The van der Waals surface area contributed by atoms with Crippen molar-refractivity contribution in [2.45, 2.75) is 26.2 Å². The van der Waals surface area contributed by atoms with Crippen LogP contribution < -0.4 is 10.0 Å². The standard InChI is InChI=1S/C19H16N2O2/c1-12-7-8-16-14(11-12)13-5-2-3-6-15(13)20-17(22)19(9-4-10-19)18(23)21(16)20/h2-3,5-8,11H,4,9-10H2,1H3. The molecule has 0 N–H and O–H groups in total. The van der Waals surface area contributed by atoms with Gasteiger partial charge in [-0.05, 0) is 38.0 Å². The number of hydrazine groups is 1. The van der Waals surface area contributed by atoms with E-state index in [4.69, 9.17) is 0 Å². The van der Waals surface area contributed by atoms with Crippen molar-refractivity contribution in [3.8, 4) is 11.1 Å². The van der Waals surface area contributed by atoms with Crippen LogP contribution in [0.25, 0.3) is 11.1 Å². The van der Waals surface area contributed by atoms with Crippen LogP contribution >= 0.6 is 0 Å². The summed E-state index contributed by atoms with van der Waals surface area (Å²) in [6.07, 6.45) is 2.28. The first-order valence-corrected chi connectivity index (χ1v) is 8.03. The van der Waals surface area contributed by atoms with Crippen LogP contribution in [0, 0.1) is 12.3 Å². The molecule has 23 heavy (non-hydrogen) atoms. The van der Waals surface area contributed by atoms with Crippen molar-refractivity contribution in [3.63, 3.8) is 0 Å². The Hall–Kier alpha value is -2.62. The van der Waals surface area contributed by atoms with E-state index in [9.17, 15) is 9.59 Å². The molecule has 5 rings (SSSR count). The molecule has 1 aliphatic carbocycles. The molecule has 0 aromatic heterocycles. The molecule has 2 fully saturated rings. The van der Waals surface area contributed by atoms with Gasteiger partial charge in [0.2, 0.25) is 0 Å². The molecule has 0 radical (unpaired) electrons. The molecule has 4 heteroatoms. The van der Waals surface area contributed by atoms with Gasteiger partial charge in [0.25, 0.3) is 11.8 Å². The van der Waals surface area contributed by atoms with Crippen LogP contribution in [0.5, 0.6) is 0 Å². The summed E-state index contributed by atoms with van der Waals surface area (Å²) >= 11 is 0. The summed E-state index contributed by atoms with van der Waals surface area (Å²) in [6.45, 7) is 2.04. The summed E-state index contributed by atoms with van der Waals surface area (Å²) in [4.78, 5) is 26.1. The maximum atomic E-state index is 13.1. The predicted molar refractivity (Wildman–Crippen MR) is 87.9 cm³/mol.